The monoisotopic (exact) mass is 328 g/mol. The van der Waals surface area contributed by atoms with Crippen LogP contribution in [0.4, 0.5) is 5.69 Å². The van der Waals surface area contributed by atoms with Gasteiger partial charge in [0.1, 0.15) is 11.6 Å². The second-order valence-electron chi connectivity index (χ2n) is 5.87. The number of rotatable bonds is 6. The van der Waals surface area contributed by atoms with Gasteiger partial charge in [-0.3, -0.25) is 0 Å². The van der Waals surface area contributed by atoms with Gasteiger partial charge in [-0.15, -0.1) is 6.42 Å². The first-order valence-electron chi connectivity index (χ1n) is 8.71. The van der Waals surface area contributed by atoms with E-state index in [0.29, 0.717) is 5.57 Å². The highest BCUT2D eigenvalue weighted by Gasteiger charge is 2.08. The molecule has 2 aromatic rings. The van der Waals surface area contributed by atoms with Crippen LogP contribution in [0.5, 0.6) is 0 Å². The van der Waals surface area contributed by atoms with Crippen LogP contribution in [0.25, 0.3) is 16.3 Å². The molecular weight excluding hydrogens is 304 g/mol. The predicted molar refractivity (Wildman–Crippen MR) is 108 cm³/mol. The Hall–Kier alpha value is -2.97. The largest absolute Gasteiger partial charge is 0.372 e. The standard InChI is InChI=1S/C23H24N2/c1-5-9-23(18(7-3)17-24)21-11-10-20-16-22(13-12-19(20)15-21)25(8-4)14-6-2/h3,5,9-13,15-16H,6,8,14H2,1-2,4H3/b9-5-,23-18-. The van der Waals surface area contributed by atoms with E-state index in [-0.39, 0.29) is 0 Å². The van der Waals surface area contributed by atoms with Crippen LogP contribution in [0.1, 0.15) is 32.8 Å². The van der Waals surface area contributed by atoms with Crippen molar-refractivity contribution in [2.75, 3.05) is 18.0 Å². The average Bonchev–Trinajstić information content (AvgIpc) is 2.65. The Kier molecular flexibility index (Phi) is 6.44. The molecule has 0 atom stereocenters. The Bertz CT molecular complexity index is 872. The van der Waals surface area contributed by atoms with Gasteiger partial charge in [0.15, 0.2) is 0 Å². The summed E-state index contributed by atoms with van der Waals surface area (Å²) in [6.45, 7) is 8.36. The molecule has 0 aliphatic rings. The van der Waals surface area contributed by atoms with Crippen molar-refractivity contribution >= 4 is 22.0 Å². The normalized spacial score (nSPS) is 11.9. The van der Waals surface area contributed by atoms with Crippen molar-refractivity contribution in [3.63, 3.8) is 0 Å². The van der Waals surface area contributed by atoms with Crippen LogP contribution in [-0.4, -0.2) is 13.1 Å². The van der Waals surface area contributed by atoms with E-state index in [1.54, 1.807) is 0 Å². The van der Waals surface area contributed by atoms with Gasteiger partial charge in [-0.2, -0.15) is 5.26 Å². The van der Waals surface area contributed by atoms with Crippen LogP contribution < -0.4 is 4.90 Å². The Morgan fingerprint density at radius 3 is 2.48 bits per heavy atom. The first-order chi connectivity index (χ1) is 12.2. The topological polar surface area (TPSA) is 27.0 Å². The molecule has 0 saturated heterocycles. The van der Waals surface area contributed by atoms with E-state index < -0.39 is 0 Å². The lowest BCUT2D eigenvalue weighted by Gasteiger charge is -2.22. The number of allylic oxidation sites excluding steroid dienone is 4. The molecule has 0 saturated carbocycles. The van der Waals surface area contributed by atoms with E-state index >= 15 is 0 Å². The second-order valence-corrected chi connectivity index (χ2v) is 5.87. The number of nitriles is 1. The van der Waals surface area contributed by atoms with Crippen LogP contribution >= 0.6 is 0 Å². The smallest absolute Gasteiger partial charge is 0.109 e. The fourth-order valence-electron chi connectivity index (χ4n) is 3.00. The first kappa shape index (κ1) is 18.4. The Morgan fingerprint density at radius 1 is 1.16 bits per heavy atom. The van der Waals surface area contributed by atoms with Crippen LogP contribution in [-0.2, 0) is 0 Å². The average molecular weight is 328 g/mol. The molecule has 126 valence electrons. The summed E-state index contributed by atoms with van der Waals surface area (Å²) in [6.07, 6.45) is 10.4. The van der Waals surface area contributed by atoms with Crippen molar-refractivity contribution in [2.24, 2.45) is 0 Å². The van der Waals surface area contributed by atoms with Gasteiger partial charge in [0.25, 0.3) is 0 Å². The lowest BCUT2D eigenvalue weighted by Crippen LogP contribution is -2.23. The molecule has 0 aliphatic carbocycles. The van der Waals surface area contributed by atoms with Crippen molar-refractivity contribution in [1.82, 2.24) is 0 Å². The molecule has 0 aliphatic heterocycles. The van der Waals surface area contributed by atoms with E-state index in [4.69, 9.17) is 6.42 Å². The first-order valence-corrected chi connectivity index (χ1v) is 8.71. The third-order valence-electron chi connectivity index (χ3n) is 4.23. The molecule has 2 heteroatoms. The van der Waals surface area contributed by atoms with E-state index in [0.717, 1.165) is 36.0 Å². The summed E-state index contributed by atoms with van der Waals surface area (Å²) in [6, 6.07) is 14.9. The van der Waals surface area contributed by atoms with Crippen LogP contribution in [0.2, 0.25) is 0 Å². The lowest BCUT2D eigenvalue weighted by molar-refractivity contribution is 0.792. The predicted octanol–water partition coefficient (Wildman–Crippen LogP) is 5.56. The lowest BCUT2D eigenvalue weighted by atomic mass is 9.97. The zero-order valence-corrected chi connectivity index (χ0v) is 15.2. The molecule has 0 aromatic heterocycles. The summed E-state index contributed by atoms with van der Waals surface area (Å²) >= 11 is 0. The minimum Gasteiger partial charge on any atom is -0.372 e. The van der Waals surface area contributed by atoms with E-state index in [1.807, 2.05) is 25.1 Å². The third-order valence-corrected chi connectivity index (χ3v) is 4.23. The number of fused-ring (bicyclic) bond motifs is 1. The third kappa shape index (κ3) is 4.11. The van der Waals surface area contributed by atoms with Crippen molar-refractivity contribution < 1.29 is 0 Å². The quantitative estimate of drug-likeness (QED) is 0.394. The molecule has 0 radical (unpaired) electrons. The minimum absolute atomic E-state index is 0.356. The van der Waals surface area contributed by atoms with Crippen molar-refractivity contribution in [3.05, 3.63) is 59.7 Å². The van der Waals surface area contributed by atoms with E-state index in [1.165, 1.54) is 11.1 Å². The number of benzene rings is 2. The molecular formula is C23H24N2. The second kappa shape index (κ2) is 8.76. The fourth-order valence-corrected chi connectivity index (χ4v) is 3.00. The molecule has 2 nitrogen and oxygen atoms in total. The highest BCUT2D eigenvalue weighted by molar-refractivity contribution is 5.92. The molecule has 0 amide bonds. The summed E-state index contributed by atoms with van der Waals surface area (Å²) in [7, 11) is 0. The number of hydrogen-bond acceptors (Lipinski definition) is 2. The molecule has 2 rings (SSSR count). The maximum atomic E-state index is 9.28. The highest BCUT2D eigenvalue weighted by atomic mass is 15.1. The number of anilines is 1. The summed E-state index contributed by atoms with van der Waals surface area (Å²) in [5.74, 6) is 2.49. The molecule has 0 heterocycles. The van der Waals surface area contributed by atoms with Crippen LogP contribution in [0.3, 0.4) is 0 Å². The van der Waals surface area contributed by atoms with Crippen molar-refractivity contribution in [2.45, 2.75) is 27.2 Å². The van der Waals surface area contributed by atoms with E-state index in [9.17, 15) is 5.26 Å². The number of nitrogens with zero attached hydrogens (tertiary/aromatic N) is 2. The molecule has 0 fully saturated rings. The summed E-state index contributed by atoms with van der Waals surface area (Å²) < 4.78 is 0. The Morgan fingerprint density at radius 2 is 1.88 bits per heavy atom. The zero-order chi connectivity index (χ0) is 18.2. The summed E-state index contributed by atoms with van der Waals surface area (Å²) in [5, 5.41) is 11.6. The molecule has 0 spiro atoms. The zero-order valence-electron chi connectivity index (χ0n) is 15.2. The van der Waals surface area contributed by atoms with Gasteiger partial charge in [-0.1, -0.05) is 43.2 Å². The Labute approximate surface area is 151 Å². The van der Waals surface area contributed by atoms with Gasteiger partial charge in [0.2, 0.25) is 0 Å². The van der Waals surface area contributed by atoms with Crippen molar-refractivity contribution in [3.8, 4) is 18.4 Å². The summed E-state index contributed by atoms with van der Waals surface area (Å²) in [4.78, 5) is 2.38. The van der Waals surface area contributed by atoms with E-state index in [2.05, 4.69) is 61.1 Å². The van der Waals surface area contributed by atoms with Gasteiger partial charge in [0.05, 0.1) is 0 Å². The molecule has 25 heavy (non-hydrogen) atoms. The highest BCUT2D eigenvalue weighted by Crippen LogP contribution is 2.27. The summed E-state index contributed by atoms with van der Waals surface area (Å²) in [5.41, 5.74) is 3.36. The van der Waals surface area contributed by atoms with Crippen LogP contribution in [0.15, 0.2) is 54.1 Å². The Balaban J connectivity index is 2.53. The molecule has 0 unspecified atom stereocenters. The van der Waals surface area contributed by atoms with Crippen LogP contribution in [0, 0.1) is 23.7 Å². The maximum absolute atomic E-state index is 9.28. The SMILES string of the molecule is C#C/C(C#N)=C(\C=C/C)c1ccc2cc(N(CC)CCC)ccc2c1. The fraction of sp³-hybridized carbons (Fsp3) is 0.261. The molecule has 0 bridgehead atoms. The van der Waals surface area contributed by atoms with Gasteiger partial charge in [-0.05, 0) is 54.8 Å². The van der Waals surface area contributed by atoms with Gasteiger partial charge >= 0.3 is 0 Å². The molecule has 0 N–H and O–H groups in total. The maximum Gasteiger partial charge on any atom is 0.109 e. The molecule has 2 aromatic carbocycles. The van der Waals surface area contributed by atoms with Gasteiger partial charge < -0.3 is 4.90 Å². The number of hydrogen-bond donors (Lipinski definition) is 0. The minimum atomic E-state index is 0.356. The van der Waals surface area contributed by atoms with Crippen molar-refractivity contribution in [1.29, 1.82) is 5.26 Å². The van der Waals surface area contributed by atoms with Gasteiger partial charge in [0, 0.05) is 24.4 Å². The van der Waals surface area contributed by atoms with Gasteiger partial charge in [-0.25, -0.2) is 0 Å². The number of terminal acetylenes is 1.